The van der Waals surface area contributed by atoms with E-state index in [1.807, 2.05) is 25.1 Å². The van der Waals surface area contributed by atoms with Crippen molar-refractivity contribution in [2.45, 2.75) is 45.1 Å². The first-order valence-corrected chi connectivity index (χ1v) is 10.00. The molecule has 0 saturated heterocycles. The van der Waals surface area contributed by atoms with Crippen molar-refractivity contribution in [3.05, 3.63) is 64.8 Å². The lowest BCUT2D eigenvalue weighted by atomic mass is 9.89. The molecular formula is C23H24N2O4. The average Bonchev–Trinajstić information content (AvgIpc) is 3.14. The first-order chi connectivity index (χ1) is 14.1. The minimum absolute atomic E-state index is 0.0370. The minimum Gasteiger partial charge on any atom is -0.455 e. The molecule has 150 valence electrons. The number of aryl methyl sites for hydroxylation is 2. The monoisotopic (exact) mass is 392 g/mol. The van der Waals surface area contributed by atoms with Gasteiger partial charge in [-0.05, 0) is 61.4 Å². The highest BCUT2D eigenvalue weighted by atomic mass is 16.5. The Morgan fingerprint density at radius 2 is 1.93 bits per heavy atom. The summed E-state index contributed by atoms with van der Waals surface area (Å²) in [5.41, 5.74) is 4.98. The van der Waals surface area contributed by atoms with Gasteiger partial charge in [0, 0.05) is 5.39 Å². The third-order valence-electron chi connectivity index (χ3n) is 5.38. The van der Waals surface area contributed by atoms with Crippen LogP contribution in [0.5, 0.6) is 0 Å². The number of carbonyl (C=O) groups excluding carboxylic acids is 2. The summed E-state index contributed by atoms with van der Waals surface area (Å²) in [6.45, 7) is 1.62. The predicted molar refractivity (Wildman–Crippen MR) is 108 cm³/mol. The second-order valence-corrected chi connectivity index (χ2v) is 7.49. The number of benzene rings is 2. The zero-order valence-electron chi connectivity index (χ0n) is 16.4. The van der Waals surface area contributed by atoms with Crippen molar-refractivity contribution in [3.63, 3.8) is 0 Å². The van der Waals surface area contributed by atoms with Gasteiger partial charge in [-0.3, -0.25) is 9.59 Å². The lowest BCUT2D eigenvalue weighted by molar-refractivity contribution is -0.148. The van der Waals surface area contributed by atoms with E-state index in [1.54, 1.807) is 6.07 Å². The van der Waals surface area contributed by atoms with E-state index in [9.17, 15) is 9.59 Å². The van der Waals surface area contributed by atoms with Crippen molar-refractivity contribution < 1.29 is 18.8 Å². The molecule has 6 nitrogen and oxygen atoms in total. The molecule has 0 radical (unpaired) electrons. The third kappa shape index (κ3) is 4.47. The van der Waals surface area contributed by atoms with Crippen LogP contribution in [0.15, 0.2) is 47.0 Å². The number of nitrogens with one attached hydrogen (secondary N) is 1. The predicted octanol–water partition coefficient (Wildman–Crippen LogP) is 3.67. The molecule has 2 aromatic carbocycles. The molecule has 0 bridgehead atoms. The van der Waals surface area contributed by atoms with Gasteiger partial charge in [-0.25, -0.2) is 0 Å². The van der Waals surface area contributed by atoms with Crippen LogP contribution in [-0.4, -0.2) is 23.6 Å². The zero-order valence-corrected chi connectivity index (χ0v) is 16.4. The third-order valence-corrected chi connectivity index (χ3v) is 5.38. The summed E-state index contributed by atoms with van der Waals surface area (Å²) < 4.78 is 10.3. The normalized spacial score (nSPS) is 14.2. The Morgan fingerprint density at radius 1 is 1.14 bits per heavy atom. The van der Waals surface area contributed by atoms with E-state index in [0.29, 0.717) is 11.3 Å². The van der Waals surface area contributed by atoms with E-state index in [2.05, 4.69) is 28.7 Å². The number of amides is 1. The van der Waals surface area contributed by atoms with Gasteiger partial charge < -0.3 is 14.6 Å². The number of para-hydroxylation sites is 1. The highest BCUT2D eigenvalue weighted by molar-refractivity contribution is 5.85. The van der Waals surface area contributed by atoms with Crippen LogP contribution in [0.25, 0.3) is 11.0 Å². The minimum atomic E-state index is -0.513. The van der Waals surface area contributed by atoms with E-state index in [1.165, 1.54) is 24.0 Å². The molecule has 1 amide bonds. The standard InChI is InChI=1S/C23H24N2O4/c1-15(17-11-10-16-6-2-3-7-18(16)12-17)24-22(26)14-28-23(27)13-20-19-8-4-5-9-21(19)29-25-20/h4-5,8-12,15H,2-3,6-7,13-14H2,1H3,(H,24,26)/t15-/m1/s1. The van der Waals surface area contributed by atoms with E-state index >= 15 is 0 Å². The maximum Gasteiger partial charge on any atom is 0.312 e. The molecule has 3 aromatic rings. The van der Waals surface area contributed by atoms with Crippen molar-refractivity contribution in [1.82, 2.24) is 10.5 Å². The molecule has 6 heteroatoms. The van der Waals surface area contributed by atoms with Gasteiger partial charge >= 0.3 is 5.97 Å². The van der Waals surface area contributed by atoms with Gasteiger partial charge in [-0.15, -0.1) is 0 Å². The SMILES string of the molecule is C[C@@H](NC(=O)COC(=O)Cc1noc2ccccc12)c1ccc2c(c1)CCCC2. The van der Waals surface area contributed by atoms with E-state index in [0.717, 1.165) is 23.8 Å². The quantitative estimate of drug-likeness (QED) is 0.648. The largest absolute Gasteiger partial charge is 0.455 e. The zero-order chi connectivity index (χ0) is 20.2. The van der Waals surface area contributed by atoms with E-state index in [4.69, 9.17) is 9.26 Å². The Kier molecular flexibility index (Phi) is 5.60. The molecule has 1 aliphatic carbocycles. The Bertz CT molecular complexity index is 1040. The fourth-order valence-corrected chi connectivity index (χ4v) is 3.79. The summed E-state index contributed by atoms with van der Waals surface area (Å²) >= 11 is 0. The maximum absolute atomic E-state index is 12.2. The molecule has 0 fully saturated rings. The van der Waals surface area contributed by atoms with Crippen molar-refractivity contribution >= 4 is 22.8 Å². The lowest BCUT2D eigenvalue weighted by Gasteiger charge is -2.20. The number of rotatable bonds is 6. The van der Waals surface area contributed by atoms with Crippen LogP contribution in [0.4, 0.5) is 0 Å². The van der Waals surface area contributed by atoms with Gasteiger partial charge in [-0.2, -0.15) is 0 Å². The Morgan fingerprint density at radius 3 is 2.79 bits per heavy atom. The Labute approximate surface area is 169 Å². The first-order valence-electron chi connectivity index (χ1n) is 10.00. The summed E-state index contributed by atoms with van der Waals surface area (Å²) in [4.78, 5) is 24.3. The van der Waals surface area contributed by atoms with Crippen LogP contribution in [0.1, 0.15) is 48.2 Å². The smallest absolute Gasteiger partial charge is 0.312 e. The summed E-state index contributed by atoms with van der Waals surface area (Å²) in [5, 5.41) is 7.58. The fourth-order valence-electron chi connectivity index (χ4n) is 3.79. The number of hydrogen-bond acceptors (Lipinski definition) is 5. The first kappa shape index (κ1) is 19.2. The molecule has 4 rings (SSSR count). The number of hydrogen-bond donors (Lipinski definition) is 1. The fraction of sp³-hybridized carbons (Fsp3) is 0.348. The van der Waals surface area contributed by atoms with Crippen LogP contribution in [0.2, 0.25) is 0 Å². The Hall–Kier alpha value is -3.15. The Balaban J connectivity index is 1.28. The molecule has 29 heavy (non-hydrogen) atoms. The molecule has 1 heterocycles. The molecule has 1 aliphatic rings. The molecule has 0 unspecified atom stereocenters. The van der Waals surface area contributed by atoms with Crippen LogP contribution < -0.4 is 5.32 Å². The van der Waals surface area contributed by atoms with Gasteiger partial charge in [0.2, 0.25) is 0 Å². The van der Waals surface area contributed by atoms with Crippen molar-refractivity contribution in [2.24, 2.45) is 0 Å². The highest BCUT2D eigenvalue weighted by Crippen LogP contribution is 2.24. The maximum atomic E-state index is 12.2. The second-order valence-electron chi connectivity index (χ2n) is 7.49. The van der Waals surface area contributed by atoms with E-state index in [-0.39, 0.29) is 25.0 Å². The number of carbonyl (C=O) groups is 2. The molecule has 1 atom stereocenters. The topological polar surface area (TPSA) is 81.4 Å². The van der Waals surface area contributed by atoms with Gasteiger partial charge in [-0.1, -0.05) is 35.5 Å². The van der Waals surface area contributed by atoms with Crippen molar-refractivity contribution in [2.75, 3.05) is 6.61 Å². The number of nitrogens with zero attached hydrogens (tertiary/aromatic N) is 1. The van der Waals surface area contributed by atoms with Gasteiger partial charge in [0.25, 0.3) is 5.91 Å². The summed E-state index contributed by atoms with van der Waals surface area (Å²) in [6, 6.07) is 13.6. The van der Waals surface area contributed by atoms with Crippen molar-refractivity contribution in [3.8, 4) is 0 Å². The number of esters is 1. The molecule has 0 spiro atoms. The average molecular weight is 392 g/mol. The van der Waals surface area contributed by atoms with Crippen LogP contribution >= 0.6 is 0 Å². The van der Waals surface area contributed by atoms with E-state index < -0.39 is 5.97 Å². The lowest BCUT2D eigenvalue weighted by Crippen LogP contribution is -2.31. The summed E-state index contributed by atoms with van der Waals surface area (Å²) in [7, 11) is 0. The number of aromatic nitrogens is 1. The van der Waals surface area contributed by atoms with Gasteiger partial charge in [0.1, 0.15) is 5.69 Å². The molecular weight excluding hydrogens is 368 g/mol. The second kappa shape index (κ2) is 8.47. The van der Waals surface area contributed by atoms with Crippen molar-refractivity contribution in [1.29, 1.82) is 0 Å². The molecule has 0 saturated carbocycles. The molecule has 1 aromatic heterocycles. The number of fused-ring (bicyclic) bond motifs is 2. The summed E-state index contributed by atoms with van der Waals surface area (Å²) in [5.74, 6) is -0.839. The molecule has 0 aliphatic heterocycles. The highest BCUT2D eigenvalue weighted by Gasteiger charge is 2.17. The van der Waals surface area contributed by atoms with Crippen LogP contribution in [0.3, 0.4) is 0 Å². The van der Waals surface area contributed by atoms with Crippen LogP contribution in [-0.2, 0) is 33.6 Å². The van der Waals surface area contributed by atoms with Gasteiger partial charge in [0.15, 0.2) is 12.2 Å². The summed E-state index contributed by atoms with van der Waals surface area (Å²) in [6.07, 6.45) is 4.65. The molecule has 1 N–H and O–H groups in total. The number of ether oxygens (including phenoxy) is 1. The van der Waals surface area contributed by atoms with Gasteiger partial charge in [0.05, 0.1) is 12.5 Å². The van der Waals surface area contributed by atoms with Crippen LogP contribution in [0, 0.1) is 0 Å².